The molecule has 2 aromatic rings. The van der Waals surface area contributed by atoms with E-state index in [2.05, 4.69) is 17.9 Å². The number of allylic oxidation sites excluding steroid dienone is 2. The first-order valence-corrected chi connectivity index (χ1v) is 9.74. The number of amides is 1. The first-order valence-electron chi connectivity index (χ1n) is 9.74. The molecule has 1 aromatic carbocycles. The van der Waals surface area contributed by atoms with Crippen molar-refractivity contribution in [2.24, 2.45) is 0 Å². The van der Waals surface area contributed by atoms with Crippen LogP contribution in [0.1, 0.15) is 19.1 Å². The predicted molar refractivity (Wildman–Crippen MR) is 107 cm³/mol. The Hall–Kier alpha value is -2.73. The minimum absolute atomic E-state index is 0.00335. The molecule has 1 aromatic heterocycles. The average molecular weight is 382 g/mol. The van der Waals surface area contributed by atoms with Crippen molar-refractivity contribution in [2.75, 3.05) is 26.3 Å². The molecular formula is C22H26N2O4. The molecular weight excluding hydrogens is 356 g/mol. The van der Waals surface area contributed by atoms with E-state index < -0.39 is 0 Å². The second-order valence-corrected chi connectivity index (χ2v) is 7.41. The fourth-order valence-corrected chi connectivity index (χ4v) is 4.02. The summed E-state index contributed by atoms with van der Waals surface area (Å²) in [5.74, 6) is 1.77. The lowest BCUT2D eigenvalue weighted by molar-refractivity contribution is -0.132. The zero-order chi connectivity index (χ0) is 19.7. The second kappa shape index (κ2) is 7.72. The number of hydrogen-bond acceptors (Lipinski definition) is 5. The number of furan rings is 1. The van der Waals surface area contributed by atoms with Crippen LogP contribution in [0.25, 0.3) is 11.0 Å². The first-order chi connectivity index (χ1) is 13.6. The summed E-state index contributed by atoms with van der Waals surface area (Å²) in [5, 5.41) is 10.2. The van der Waals surface area contributed by atoms with E-state index in [1.807, 2.05) is 43.5 Å². The lowest BCUT2D eigenvalue weighted by atomic mass is 10.0. The Morgan fingerprint density at radius 3 is 3.00 bits per heavy atom. The number of likely N-dealkylation sites (tertiary alicyclic amines) is 1. The van der Waals surface area contributed by atoms with Gasteiger partial charge in [0.25, 0.3) is 0 Å². The molecule has 6 heteroatoms. The van der Waals surface area contributed by atoms with Crippen molar-refractivity contribution < 1.29 is 19.1 Å². The van der Waals surface area contributed by atoms with Gasteiger partial charge in [-0.15, -0.1) is 0 Å². The van der Waals surface area contributed by atoms with Gasteiger partial charge in [0.05, 0.1) is 12.6 Å². The molecule has 0 aliphatic carbocycles. The van der Waals surface area contributed by atoms with E-state index in [9.17, 15) is 4.79 Å². The van der Waals surface area contributed by atoms with Crippen LogP contribution < -0.4 is 4.74 Å². The fraction of sp³-hybridized carbons (Fsp3) is 0.409. The van der Waals surface area contributed by atoms with E-state index in [0.29, 0.717) is 19.7 Å². The van der Waals surface area contributed by atoms with Crippen LogP contribution in [-0.2, 0) is 4.79 Å². The molecule has 148 valence electrons. The number of nitrogens with zero attached hydrogens (tertiary/aromatic N) is 2. The molecule has 4 rings (SSSR count). The highest BCUT2D eigenvalue weighted by Gasteiger charge is 2.37. The summed E-state index contributed by atoms with van der Waals surface area (Å²) in [6, 6.07) is 7.73. The summed E-state index contributed by atoms with van der Waals surface area (Å²) >= 11 is 0. The molecule has 1 saturated heterocycles. The standard InChI is InChI=1S/C22H26N2O4/c1-15-12-18-13-19(5-6-21(18)28-15)27-14-17-4-3-8-24(16(17)2)20-7-9-23(10-11-25)22(20)26/h3-6,8,12-13,16,20,25H,7,9-11,14H2,1-2H3. The monoisotopic (exact) mass is 382 g/mol. The number of carbonyl (C=O) groups excluding carboxylic acids is 1. The summed E-state index contributed by atoms with van der Waals surface area (Å²) in [4.78, 5) is 16.5. The third kappa shape index (κ3) is 3.52. The molecule has 1 amide bonds. The van der Waals surface area contributed by atoms with E-state index in [1.165, 1.54) is 0 Å². The quantitative estimate of drug-likeness (QED) is 0.832. The number of aryl methyl sites for hydroxylation is 1. The van der Waals surface area contributed by atoms with Gasteiger partial charge in [0.1, 0.15) is 29.7 Å². The van der Waals surface area contributed by atoms with Gasteiger partial charge in [0.2, 0.25) is 5.91 Å². The number of fused-ring (bicyclic) bond motifs is 1. The van der Waals surface area contributed by atoms with Crippen LogP contribution in [0.4, 0.5) is 0 Å². The maximum absolute atomic E-state index is 12.6. The van der Waals surface area contributed by atoms with Crippen molar-refractivity contribution in [2.45, 2.75) is 32.4 Å². The topological polar surface area (TPSA) is 66.2 Å². The largest absolute Gasteiger partial charge is 0.489 e. The van der Waals surface area contributed by atoms with Crippen LogP contribution in [0.3, 0.4) is 0 Å². The number of β-amino-alcohol motifs (C(OH)–C–C–N with tert-alkyl or cyclic N) is 1. The van der Waals surface area contributed by atoms with Crippen molar-refractivity contribution in [3.8, 4) is 5.75 Å². The van der Waals surface area contributed by atoms with Crippen molar-refractivity contribution >= 4 is 16.9 Å². The average Bonchev–Trinajstić information content (AvgIpc) is 3.23. The number of hydrogen-bond donors (Lipinski definition) is 1. The van der Waals surface area contributed by atoms with Gasteiger partial charge >= 0.3 is 0 Å². The van der Waals surface area contributed by atoms with Gasteiger partial charge in [-0.1, -0.05) is 6.08 Å². The molecule has 0 radical (unpaired) electrons. The first kappa shape index (κ1) is 18.6. The highest BCUT2D eigenvalue weighted by molar-refractivity contribution is 5.84. The number of carbonyl (C=O) groups is 1. The van der Waals surface area contributed by atoms with Gasteiger partial charge in [-0.3, -0.25) is 4.79 Å². The van der Waals surface area contributed by atoms with Gasteiger partial charge in [0.15, 0.2) is 0 Å². The zero-order valence-electron chi connectivity index (χ0n) is 16.3. The summed E-state index contributed by atoms with van der Waals surface area (Å²) in [7, 11) is 0. The van der Waals surface area contributed by atoms with Crippen LogP contribution in [0.15, 0.2) is 52.6 Å². The molecule has 2 unspecified atom stereocenters. The van der Waals surface area contributed by atoms with Crippen LogP contribution in [0, 0.1) is 6.92 Å². The number of benzene rings is 1. The SMILES string of the molecule is Cc1cc2cc(OCC3=CC=CN(C4CCN(CCO)C4=O)C3C)ccc2o1. The van der Waals surface area contributed by atoms with Crippen molar-refractivity contribution in [1.29, 1.82) is 0 Å². The Labute approximate surface area is 164 Å². The Morgan fingerprint density at radius 1 is 1.32 bits per heavy atom. The number of rotatable bonds is 6. The minimum atomic E-state index is -0.174. The molecule has 1 N–H and O–H groups in total. The van der Waals surface area contributed by atoms with Crippen molar-refractivity contribution in [3.05, 3.63) is 54.0 Å². The second-order valence-electron chi connectivity index (χ2n) is 7.41. The Kier molecular flexibility index (Phi) is 5.13. The highest BCUT2D eigenvalue weighted by atomic mass is 16.5. The predicted octanol–water partition coefficient (Wildman–Crippen LogP) is 2.86. The van der Waals surface area contributed by atoms with E-state index in [-0.39, 0.29) is 24.6 Å². The Balaban J connectivity index is 1.41. The molecule has 3 heterocycles. The molecule has 2 aliphatic heterocycles. The van der Waals surface area contributed by atoms with Gasteiger partial charge in [0, 0.05) is 24.7 Å². The molecule has 0 saturated carbocycles. The number of aliphatic hydroxyl groups is 1. The normalized spacial score (nSPS) is 22.2. The minimum Gasteiger partial charge on any atom is -0.489 e. The van der Waals surface area contributed by atoms with Crippen LogP contribution in [-0.4, -0.2) is 59.2 Å². The van der Waals surface area contributed by atoms with Crippen LogP contribution in [0.5, 0.6) is 5.75 Å². The summed E-state index contributed by atoms with van der Waals surface area (Å²) < 4.78 is 11.6. The van der Waals surface area contributed by atoms with Gasteiger partial charge in [-0.25, -0.2) is 0 Å². The molecule has 1 fully saturated rings. The van der Waals surface area contributed by atoms with Gasteiger partial charge < -0.3 is 24.1 Å². The van der Waals surface area contributed by atoms with E-state index >= 15 is 0 Å². The third-order valence-electron chi connectivity index (χ3n) is 5.57. The number of aliphatic hydroxyl groups excluding tert-OH is 1. The number of ether oxygens (including phenoxy) is 1. The Morgan fingerprint density at radius 2 is 2.18 bits per heavy atom. The maximum Gasteiger partial charge on any atom is 0.245 e. The molecule has 2 aliphatic rings. The lowest BCUT2D eigenvalue weighted by Crippen LogP contribution is -2.45. The van der Waals surface area contributed by atoms with Crippen LogP contribution >= 0.6 is 0 Å². The smallest absolute Gasteiger partial charge is 0.245 e. The summed E-state index contributed by atoms with van der Waals surface area (Å²) in [6.07, 6.45) is 6.80. The van der Waals surface area contributed by atoms with Gasteiger partial charge in [-0.05, 0) is 56.2 Å². The van der Waals surface area contributed by atoms with Gasteiger partial charge in [-0.2, -0.15) is 0 Å². The zero-order valence-corrected chi connectivity index (χ0v) is 16.3. The van der Waals surface area contributed by atoms with E-state index in [4.69, 9.17) is 14.3 Å². The Bertz CT molecular complexity index is 930. The molecule has 28 heavy (non-hydrogen) atoms. The lowest BCUT2D eigenvalue weighted by Gasteiger charge is -2.36. The highest BCUT2D eigenvalue weighted by Crippen LogP contribution is 2.27. The van der Waals surface area contributed by atoms with E-state index in [1.54, 1.807) is 4.90 Å². The molecule has 0 bridgehead atoms. The summed E-state index contributed by atoms with van der Waals surface area (Å²) in [6.45, 7) is 5.60. The molecule has 2 atom stereocenters. The van der Waals surface area contributed by atoms with Crippen molar-refractivity contribution in [3.63, 3.8) is 0 Å². The third-order valence-corrected chi connectivity index (χ3v) is 5.57. The van der Waals surface area contributed by atoms with Crippen molar-refractivity contribution in [1.82, 2.24) is 9.80 Å². The molecule has 0 spiro atoms. The molecule has 6 nitrogen and oxygen atoms in total. The fourth-order valence-electron chi connectivity index (χ4n) is 4.02. The summed E-state index contributed by atoms with van der Waals surface area (Å²) in [5.41, 5.74) is 1.98. The van der Waals surface area contributed by atoms with Crippen LogP contribution in [0.2, 0.25) is 0 Å². The maximum atomic E-state index is 12.6. The van der Waals surface area contributed by atoms with E-state index in [0.717, 1.165) is 34.5 Å².